The van der Waals surface area contributed by atoms with Gasteiger partial charge in [0.2, 0.25) is 5.91 Å². The van der Waals surface area contributed by atoms with Gasteiger partial charge in [0.15, 0.2) is 0 Å². The molecule has 0 bridgehead atoms. The van der Waals surface area contributed by atoms with E-state index in [9.17, 15) is 4.79 Å². The van der Waals surface area contributed by atoms with E-state index in [4.69, 9.17) is 10.5 Å². The molecule has 0 spiro atoms. The van der Waals surface area contributed by atoms with Crippen LogP contribution in [0.3, 0.4) is 0 Å². The predicted molar refractivity (Wildman–Crippen MR) is 76.6 cm³/mol. The highest BCUT2D eigenvalue weighted by molar-refractivity contribution is 5.96. The molecule has 1 unspecified atom stereocenters. The van der Waals surface area contributed by atoms with Gasteiger partial charge in [0.05, 0.1) is 24.4 Å². The van der Waals surface area contributed by atoms with E-state index in [1.807, 2.05) is 24.3 Å². The predicted octanol–water partition coefficient (Wildman–Crippen LogP) is 2.17. The first-order chi connectivity index (χ1) is 9.74. The zero-order chi connectivity index (χ0) is 13.9. The maximum absolute atomic E-state index is 12.4. The molecule has 1 aromatic carbocycles. The Morgan fingerprint density at radius 1 is 1.30 bits per heavy atom. The normalized spacial score (nSPS) is 16.9. The lowest BCUT2D eigenvalue weighted by Crippen LogP contribution is -2.26. The van der Waals surface area contributed by atoms with Gasteiger partial charge in [-0.05, 0) is 24.6 Å². The Hall–Kier alpha value is -2.56. The standard InChI is InChI=1S/C15H15N3O2/c16-14-6-5-10(9-17-14)18-15(19)12-7-8-20-13-4-2-1-3-11(12)13/h1-6,9,12H,7-8H2,(H2,16,17)(H,18,19). The Labute approximate surface area is 116 Å². The van der Waals surface area contributed by atoms with Gasteiger partial charge in [0, 0.05) is 5.56 Å². The first-order valence-corrected chi connectivity index (χ1v) is 6.48. The number of fused-ring (bicyclic) bond motifs is 1. The highest BCUT2D eigenvalue weighted by Crippen LogP contribution is 2.34. The Morgan fingerprint density at radius 3 is 2.95 bits per heavy atom. The Kier molecular flexibility index (Phi) is 3.25. The lowest BCUT2D eigenvalue weighted by Gasteiger charge is -2.25. The molecule has 3 N–H and O–H groups in total. The number of para-hydroxylation sites is 1. The second-order valence-corrected chi connectivity index (χ2v) is 4.69. The van der Waals surface area contributed by atoms with E-state index in [1.165, 1.54) is 0 Å². The number of nitrogens with two attached hydrogens (primary N) is 1. The average molecular weight is 269 g/mol. The second kappa shape index (κ2) is 5.21. The number of aromatic nitrogens is 1. The van der Waals surface area contributed by atoms with Crippen LogP contribution < -0.4 is 15.8 Å². The maximum atomic E-state index is 12.4. The average Bonchev–Trinajstić information content (AvgIpc) is 2.49. The first-order valence-electron chi connectivity index (χ1n) is 6.48. The van der Waals surface area contributed by atoms with Gasteiger partial charge in [-0.1, -0.05) is 18.2 Å². The Morgan fingerprint density at radius 2 is 2.15 bits per heavy atom. The smallest absolute Gasteiger partial charge is 0.232 e. The molecule has 20 heavy (non-hydrogen) atoms. The number of rotatable bonds is 2. The topological polar surface area (TPSA) is 77.2 Å². The van der Waals surface area contributed by atoms with E-state index in [0.29, 0.717) is 24.5 Å². The summed E-state index contributed by atoms with van der Waals surface area (Å²) in [6, 6.07) is 11.0. The molecule has 1 amide bonds. The lowest BCUT2D eigenvalue weighted by atomic mass is 9.92. The molecule has 5 nitrogen and oxygen atoms in total. The van der Waals surface area contributed by atoms with Crippen LogP contribution in [0.4, 0.5) is 11.5 Å². The third-order valence-electron chi connectivity index (χ3n) is 3.33. The van der Waals surface area contributed by atoms with Gasteiger partial charge in [0.25, 0.3) is 0 Å². The quantitative estimate of drug-likeness (QED) is 0.876. The summed E-state index contributed by atoms with van der Waals surface area (Å²) in [6.45, 7) is 0.551. The van der Waals surface area contributed by atoms with Gasteiger partial charge in [-0.25, -0.2) is 4.98 Å². The molecule has 3 rings (SSSR count). The summed E-state index contributed by atoms with van der Waals surface area (Å²) < 4.78 is 5.56. The van der Waals surface area contributed by atoms with Gasteiger partial charge in [-0.2, -0.15) is 0 Å². The molecular formula is C15H15N3O2. The van der Waals surface area contributed by atoms with Crippen LogP contribution in [0.5, 0.6) is 5.75 Å². The molecule has 1 atom stereocenters. The summed E-state index contributed by atoms with van der Waals surface area (Å²) in [6.07, 6.45) is 2.23. The number of hydrogen-bond donors (Lipinski definition) is 2. The number of carbonyl (C=O) groups is 1. The van der Waals surface area contributed by atoms with Crippen molar-refractivity contribution in [3.8, 4) is 5.75 Å². The van der Waals surface area contributed by atoms with Gasteiger partial charge >= 0.3 is 0 Å². The number of ether oxygens (including phenoxy) is 1. The van der Waals surface area contributed by atoms with Crippen LogP contribution in [0.1, 0.15) is 17.9 Å². The summed E-state index contributed by atoms with van der Waals surface area (Å²) in [4.78, 5) is 16.3. The summed E-state index contributed by atoms with van der Waals surface area (Å²) in [5, 5.41) is 2.87. The largest absolute Gasteiger partial charge is 0.493 e. The molecule has 1 aliphatic heterocycles. The Balaban J connectivity index is 1.80. The van der Waals surface area contributed by atoms with E-state index in [-0.39, 0.29) is 11.8 Å². The van der Waals surface area contributed by atoms with Crippen molar-refractivity contribution in [1.29, 1.82) is 0 Å². The molecule has 0 saturated heterocycles. The number of amides is 1. The third-order valence-corrected chi connectivity index (χ3v) is 3.33. The van der Waals surface area contributed by atoms with Crippen molar-refractivity contribution in [1.82, 2.24) is 4.98 Å². The third kappa shape index (κ3) is 2.42. The summed E-state index contributed by atoms with van der Waals surface area (Å²) in [5.74, 6) is 0.971. The number of anilines is 2. The van der Waals surface area contributed by atoms with E-state index in [2.05, 4.69) is 10.3 Å². The minimum Gasteiger partial charge on any atom is -0.493 e. The molecule has 1 aliphatic rings. The van der Waals surface area contributed by atoms with Crippen LogP contribution in [0, 0.1) is 0 Å². The molecule has 0 saturated carbocycles. The van der Waals surface area contributed by atoms with Crippen LogP contribution in [0.25, 0.3) is 0 Å². The van der Waals surface area contributed by atoms with Crippen molar-refractivity contribution in [3.05, 3.63) is 48.2 Å². The van der Waals surface area contributed by atoms with E-state index >= 15 is 0 Å². The SMILES string of the molecule is Nc1ccc(NC(=O)C2CCOc3ccccc32)cn1. The fraction of sp³-hybridized carbons (Fsp3) is 0.200. The van der Waals surface area contributed by atoms with Gasteiger partial charge in [-0.15, -0.1) is 0 Å². The van der Waals surface area contributed by atoms with Crippen molar-refractivity contribution in [2.75, 3.05) is 17.7 Å². The number of carbonyl (C=O) groups excluding carboxylic acids is 1. The number of nitrogens with one attached hydrogen (secondary N) is 1. The number of hydrogen-bond acceptors (Lipinski definition) is 4. The molecule has 0 aliphatic carbocycles. The van der Waals surface area contributed by atoms with Gasteiger partial charge in [-0.3, -0.25) is 4.79 Å². The van der Waals surface area contributed by atoms with Crippen LogP contribution in [0.2, 0.25) is 0 Å². The van der Waals surface area contributed by atoms with E-state index < -0.39 is 0 Å². The minimum absolute atomic E-state index is 0.0488. The van der Waals surface area contributed by atoms with Crippen LogP contribution in [0.15, 0.2) is 42.6 Å². The maximum Gasteiger partial charge on any atom is 0.232 e. The van der Waals surface area contributed by atoms with Crippen LogP contribution >= 0.6 is 0 Å². The fourth-order valence-corrected chi connectivity index (χ4v) is 2.32. The number of benzene rings is 1. The highest BCUT2D eigenvalue weighted by atomic mass is 16.5. The summed E-state index contributed by atoms with van der Waals surface area (Å²) in [5.41, 5.74) is 7.10. The van der Waals surface area contributed by atoms with Crippen molar-refractivity contribution < 1.29 is 9.53 Å². The zero-order valence-corrected chi connectivity index (χ0v) is 10.9. The van der Waals surface area contributed by atoms with E-state index in [0.717, 1.165) is 11.3 Å². The van der Waals surface area contributed by atoms with Gasteiger partial charge in [0.1, 0.15) is 11.6 Å². The van der Waals surface area contributed by atoms with Crippen molar-refractivity contribution in [2.24, 2.45) is 0 Å². The molecule has 102 valence electrons. The first kappa shape index (κ1) is 12.5. The van der Waals surface area contributed by atoms with Crippen molar-refractivity contribution in [2.45, 2.75) is 12.3 Å². The summed E-state index contributed by atoms with van der Waals surface area (Å²) >= 11 is 0. The fourth-order valence-electron chi connectivity index (χ4n) is 2.32. The molecule has 2 heterocycles. The van der Waals surface area contributed by atoms with Crippen LogP contribution in [-0.4, -0.2) is 17.5 Å². The molecule has 2 aromatic rings. The van der Waals surface area contributed by atoms with Crippen LogP contribution in [-0.2, 0) is 4.79 Å². The lowest BCUT2D eigenvalue weighted by molar-refractivity contribution is -0.118. The molecule has 1 aromatic heterocycles. The molecule has 5 heteroatoms. The molecule has 0 fully saturated rings. The number of nitrogen functional groups attached to an aromatic ring is 1. The molecule has 0 radical (unpaired) electrons. The Bertz CT molecular complexity index is 625. The number of nitrogens with zero attached hydrogens (tertiary/aromatic N) is 1. The van der Waals surface area contributed by atoms with Gasteiger partial charge < -0.3 is 15.8 Å². The highest BCUT2D eigenvalue weighted by Gasteiger charge is 2.27. The van der Waals surface area contributed by atoms with Crippen molar-refractivity contribution >= 4 is 17.4 Å². The zero-order valence-electron chi connectivity index (χ0n) is 10.9. The summed E-state index contributed by atoms with van der Waals surface area (Å²) in [7, 11) is 0. The molecular weight excluding hydrogens is 254 g/mol. The second-order valence-electron chi connectivity index (χ2n) is 4.69. The monoisotopic (exact) mass is 269 g/mol. The van der Waals surface area contributed by atoms with E-state index in [1.54, 1.807) is 18.3 Å². The van der Waals surface area contributed by atoms with Crippen molar-refractivity contribution in [3.63, 3.8) is 0 Å². The number of pyridine rings is 1. The minimum atomic E-state index is -0.197.